The Morgan fingerprint density at radius 1 is 1.60 bits per heavy atom. The molecular weight excluding hydrogens is 216 g/mol. The highest BCUT2D eigenvalue weighted by atomic mass is 32.1. The third kappa shape index (κ3) is 2.36. The van der Waals surface area contributed by atoms with E-state index in [1.54, 1.807) is 18.4 Å². The molecule has 82 valence electrons. The average molecular weight is 228 g/mol. The smallest absolute Gasteiger partial charge is 0.348 e. The summed E-state index contributed by atoms with van der Waals surface area (Å²) in [5.41, 5.74) is 0.543. The van der Waals surface area contributed by atoms with Crippen molar-refractivity contribution in [3.05, 3.63) is 21.9 Å². The van der Waals surface area contributed by atoms with Crippen molar-refractivity contribution in [3.8, 4) is 0 Å². The van der Waals surface area contributed by atoms with Gasteiger partial charge in [0.2, 0.25) is 0 Å². The first kappa shape index (κ1) is 11.7. The van der Waals surface area contributed by atoms with E-state index in [-0.39, 0.29) is 0 Å². The molecule has 0 radical (unpaired) electrons. The van der Waals surface area contributed by atoms with E-state index in [0.717, 1.165) is 0 Å². The molecule has 1 aromatic rings. The number of aliphatic carboxylic acids is 1. The standard InChI is InChI=1S/C10H12O4S/c1-3-6(9(11)12)7-4-5-15-8(7)10(13)14-2/h4-6H,3H2,1-2H3,(H,11,12). The van der Waals surface area contributed by atoms with Crippen molar-refractivity contribution >= 4 is 23.3 Å². The third-order valence-corrected chi connectivity index (χ3v) is 3.06. The predicted octanol–water partition coefficient (Wildman–Crippen LogP) is 2.11. The average Bonchev–Trinajstić information content (AvgIpc) is 2.66. The molecule has 0 fully saturated rings. The van der Waals surface area contributed by atoms with E-state index in [1.807, 2.05) is 0 Å². The highest BCUT2D eigenvalue weighted by Gasteiger charge is 2.24. The van der Waals surface area contributed by atoms with Gasteiger partial charge in [0.05, 0.1) is 13.0 Å². The Kier molecular flexibility index (Phi) is 3.85. The highest BCUT2D eigenvalue weighted by molar-refractivity contribution is 7.12. The van der Waals surface area contributed by atoms with Crippen LogP contribution >= 0.6 is 11.3 Å². The molecule has 1 rings (SSSR count). The second-order valence-electron chi connectivity index (χ2n) is 3.00. The molecule has 1 atom stereocenters. The molecule has 1 N–H and O–H groups in total. The van der Waals surface area contributed by atoms with Gasteiger partial charge in [-0.2, -0.15) is 0 Å². The SMILES string of the molecule is CCC(C(=O)O)c1ccsc1C(=O)OC. The molecule has 0 amide bonds. The summed E-state index contributed by atoms with van der Waals surface area (Å²) in [6.07, 6.45) is 0.454. The molecule has 4 nitrogen and oxygen atoms in total. The summed E-state index contributed by atoms with van der Waals surface area (Å²) in [5.74, 6) is -2.02. The Balaban J connectivity index is 3.08. The lowest BCUT2D eigenvalue weighted by molar-refractivity contribution is -0.138. The van der Waals surface area contributed by atoms with Crippen LogP contribution in [0.5, 0.6) is 0 Å². The zero-order valence-electron chi connectivity index (χ0n) is 8.52. The Morgan fingerprint density at radius 2 is 2.27 bits per heavy atom. The molecule has 5 heteroatoms. The Morgan fingerprint density at radius 3 is 2.73 bits per heavy atom. The largest absolute Gasteiger partial charge is 0.481 e. The number of carboxylic acids is 1. The van der Waals surface area contributed by atoms with E-state index in [9.17, 15) is 9.59 Å². The van der Waals surface area contributed by atoms with Crippen molar-refractivity contribution in [1.82, 2.24) is 0 Å². The molecule has 1 heterocycles. The lowest BCUT2D eigenvalue weighted by atomic mass is 9.97. The van der Waals surface area contributed by atoms with E-state index in [0.29, 0.717) is 16.9 Å². The fourth-order valence-corrected chi connectivity index (χ4v) is 2.26. The fourth-order valence-electron chi connectivity index (χ4n) is 1.38. The van der Waals surface area contributed by atoms with Crippen LogP contribution in [0.15, 0.2) is 11.4 Å². The summed E-state index contributed by atoms with van der Waals surface area (Å²) >= 11 is 1.21. The molecule has 0 aliphatic carbocycles. The number of carboxylic acid groups (broad SMARTS) is 1. The summed E-state index contributed by atoms with van der Waals surface area (Å²) in [6, 6.07) is 1.67. The quantitative estimate of drug-likeness (QED) is 0.802. The van der Waals surface area contributed by atoms with Gasteiger partial charge in [-0.15, -0.1) is 11.3 Å². The summed E-state index contributed by atoms with van der Waals surface area (Å²) in [5, 5.41) is 10.7. The van der Waals surface area contributed by atoms with Crippen molar-refractivity contribution in [2.45, 2.75) is 19.3 Å². The first-order chi connectivity index (χ1) is 7.11. The molecule has 1 unspecified atom stereocenters. The van der Waals surface area contributed by atoms with Gasteiger partial charge in [-0.1, -0.05) is 6.92 Å². The minimum Gasteiger partial charge on any atom is -0.481 e. The summed E-state index contributed by atoms with van der Waals surface area (Å²) in [7, 11) is 1.29. The molecule has 0 aliphatic rings. The predicted molar refractivity (Wildman–Crippen MR) is 56.3 cm³/mol. The minimum absolute atomic E-state index is 0.381. The second kappa shape index (κ2) is 4.93. The Hall–Kier alpha value is -1.36. The van der Waals surface area contributed by atoms with Crippen molar-refractivity contribution in [2.75, 3.05) is 7.11 Å². The van der Waals surface area contributed by atoms with Crippen LogP contribution in [0.25, 0.3) is 0 Å². The molecule has 1 aromatic heterocycles. The van der Waals surface area contributed by atoms with Gasteiger partial charge >= 0.3 is 11.9 Å². The molecule has 15 heavy (non-hydrogen) atoms. The van der Waals surface area contributed by atoms with Crippen LogP contribution in [0.3, 0.4) is 0 Å². The summed E-state index contributed by atoms with van der Waals surface area (Å²) in [4.78, 5) is 22.7. The van der Waals surface area contributed by atoms with E-state index >= 15 is 0 Å². The number of carbonyl (C=O) groups is 2. The molecule has 0 saturated carbocycles. The molecule has 0 aromatic carbocycles. The maximum Gasteiger partial charge on any atom is 0.348 e. The van der Waals surface area contributed by atoms with Crippen LogP contribution in [0.2, 0.25) is 0 Å². The van der Waals surface area contributed by atoms with Crippen molar-refractivity contribution in [3.63, 3.8) is 0 Å². The number of thiophene rings is 1. The normalized spacial score (nSPS) is 12.1. The maximum absolute atomic E-state index is 11.3. The zero-order chi connectivity index (χ0) is 11.4. The van der Waals surface area contributed by atoms with E-state index in [1.165, 1.54) is 18.4 Å². The lowest BCUT2D eigenvalue weighted by Gasteiger charge is -2.09. The van der Waals surface area contributed by atoms with Gasteiger partial charge in [0.1, 0.15) is 4.88 Å². The van der Waals surface area contributed by atoms with E-state index in [2.05, 4.69) is 4.74 Å². The first-order valence-corrected chi connectivity index (χ1v) is 5.38. The molecule has 0 bridgehead atoms. The molecule has 0 aliphatic heterocycles. The number of esters is 1. The number of rotatable bonds is 4. The highest BCUT2D eigenvalue weighted by Crippen LogP contribution is 2.28. The van der Waals surface area contributed by atoms with Gasteiger partial charge in [-0.3, -0.25) is 4.79 Å². The zero-order valence-corrected chi connectivity index (χ0v) is 9.34. The summed E-state index contributed by atoms with van der Waals surface area (Å²) < 4.78 is 4.59. The van der Waals surface area contributed by atoms with Crippen molar-refractivity contribution < 1.29 is 19.4 Å². The van der Waals surface area contributed by atoms with Crippen molar-refractivity contribution in [1.29, 1.82) is 0 Å². The van der Waals surface area contributed by atoms with Crippen LogP contribution in [-0.4, -0.2) is 24.2 Å². The number of carbonyl (C=O) groups excluding carboxylic acids is 1. The maximum atomic E-state index is 11.3. The van der Waals surface area contributed by atoms with Crippen LogP contribution < -0.4 is 0 Å². The van der Waals surface area contributed by atoms with Crippen LogP contribution in [0.4, 0.5) is 0 Å². The number of hydrogen-bond acceptors (Lipinski definition) is 4. The van der Waals surface area contributed by atoms with Crippen LogP contribution in [-0.2, 0) is 9.53 Å². The van der Waals surface area contributed by atoms with Crippen molar-refractivity contribution in [2.24, 2.45) is 0 Å². The molecule has 0 spiro atoms. The number of methoxy groups -OCH3 is 1. The topological polar surface area (TPSA) is 63.6 Å². The Labute approximate surface area is 91.5 Å². The van der Waals surface area contributed by atoms with Gasteiger partial charge < -0.3 is 9.84 Å². The van der Waals surface area contributed by atoms with E-state index < -0.39 is 17.9 Å². The Bertz CT molecular complexity index is 369. The molecule has 0 saturated heterocycles. The van der Waals surface area contributed by atoms with Crippen LogP contribution in [0, 0.1) is 0 Å². The number of hydrogen-bond donors (Lipinski definition) is 1. The van der Waals surface area contributed by atoms with Gasteiger partial charge in [-0.25, -0.2) is 4.79 Å². The first-order valence-electron chi connectivity index (χ1n) is 4.50. The van der Waals surface area contributed by atoms with Gasteiger partial charge in [0, 0.05) is 0 Å². The van der Waals surface area contributed by atoms with Crippen LogP contribution in [0.1, 0.15) is 34.5 Å². The number of ether oxygens (including phenoxy) is 1. The second-order valence-corrected chi connectivity index (χ2v) is 3.91. The van der Waals surface area contributed by atoms with E-state index in [4.69, 9.17) is 5.11 Å². The van der Waals surface area contributed by atoms with Gasteiger partial charge in [0.25, 0.3) is 0 Å². The van der Waals surface area contributed by atoms with Gasteiger partial charge in [0.15, 0.2) is 0 Å². The molecular formula is C10H12O4S. The van der Waals surface area contributed by atoms with Gasteiger partial charge in [-0.05, 0) is 23.4 Å². The summed E-state index contributed by atoms with van der Waals surface area (Å²) in [6.45, 7) is 1.78. The minimum atomic E-state index is -0.916. The lowest BCUT2D eigenvalue weighted by Crippen LogP contribution is -2.13. The fraction of sp³-hybridized carbons (Fsp3) is 0.400. The third-order valence-electron chi connectivity index (χ3n) is 2.15. The monoisotopic (exact) mass is 228 g/mol.